The largest absolute Gasteiger partial charge is 0.322 e. The van der Waals surface area contributed by atoms with Crippen molar-refractivity contribution in [3.8, 4) is 5.69 Å². The first-order valence-corrected chi connectivity index (χ1v) is 13.0. The minimum absolute atomic E-state index is 0.0498. The summed E-state index contributed by atoms with van der Waals surface area (Å²) in [7, 11) is 0. The zero-order valence-electron chi connectivity index (χ0n) is 22.6. The van der Waals surface area contributed by atoms with Gasteiger partial charge < -0.3 is 14.8 Å². The normalized spacial score (nSPS) is 14.2. The second kappa shape index (κ2) is 10.2. The summed E-state index contributed by atoms with van der Waals surface area (Å²) in [5.74, 6) is -0.139. The fourth-order valence-corrected chi connectivity index (χ4v) is 5.18. The number of aromatic nitrogens is 1. The lowest BCUT2D eigenvalue weighted by molar-refractivity contribution is -0.119. The molecule has 3 aromatic carbocycles. The highest BCUT2D eigenvalue weighted by molar-refractivity contribution is 6.01. The summed E-state index contributed by atoms with van der Waals surface area (Å²) in [5, 5.41) is 3.02. The van der Waals surface area contributed by atoms with E-state index in [1.165, 1.54) is 0 Å². The second-order valence-electron chi connectivity index (χ2n) is 10.3. The first-order chi connectivity index (χ1) is 18.2. The van der Waals surface area contributed by atoms with Gasteiger partial charge in [0, 0.05) is 17.9 Å². The molecule has 1 unspecified atom stereocenters. The minimum atomic E-state index is -0.315. The van der Waals surface area contributed by atoms with Crippen molar-refractivity contribution in [2.45, 2.75) is 46.7 Å². The molecule has 0 spiro atoms. The summed E-state index contributed by atoms with van der Waals surface area (Å²) < 4.78 is 2.15. The van der Waals surface area contributed by atoms with Gasteiger partial charge in [0.25, 0.3) is 0 Å². The van der Waals surface area contributed by atoms with Crippen molar-refractivity contribution in [3.05, 3.63) is 113 Å². The van der Waals surface area contributed by atoms with E-state index in [4.69, 9.17) is 0 Å². The number of rotatable bonds is 5. The number of carbonyl (C=O) groups excluding carboxylic acids is 2. The maximum absolute atomic E-state index is 14.2. The molecule has 0 saturated heterocycles. The maximum atomic E-state index is 14.2. The van der Waals surface area contributed by atoms with Crippen LogP contribution in [0.25, 0.3) is 5.69 Å². The molecule has 6 heteroatoms. The summed E-state index contributed by atoms with van der Waals surface area (Å²) in [5.41, 5.74) is 7.83. The molecule has 1 aliphatic rings. The number of amides is 3. The van der Waals surface area contributed by atoms with E-state index in [0.29, 0.717) is 0 Å². The average Bonchev–Trinajstić information content (AvgIpc) is 3.38. The molecule has 0 bridgehead atoms. The Morgan fingerprint density at radius 2 is 1.55 bits per heavy atom. The number of urea groups is 1. The molecule has 1 aromatic heterocycles. The summed E-state index contributed by atoms with van der Waals surface area (Å²) in [6, 6.07) is 25.5. The molecule has 2 heterocycles. The van der Waals surface area contributed by atoms with Crippen molar-refractivity contribution in [1.29, 1.82) is 0 Å². The number of hydrogen-bond donors (Lipinski definition) is 1. The third-order valence-corrected chi connectivity index (χ3v) is 7.19. The highest BCUT2D eigenvalue weighted by Crippen LogP contribution is 2.42. The van der Waals surface area contributed by atoms with Gasteiger partial charge in [-0.1, -0.05) is 59.7 Å². The smallest absolute Gasteiger partial charge is 0.316 e. The summed E-state index contributed by atoms with van der Waals surface area (Å²) >= 11 is 0. The summed E-state index contributed by atoms with van der Waals surface area (Å²) in [6.45, 7) is 9.87. The van der Waals surface area contributed by atoms with Gasteiger partial charge in [-0.15, -0.1) is 0 Å². The van der Waals surface area contributed by atoms with Gasteiger partial charge in [0.1, 0.15) is 12.6 Å². The zero-order valence-corrected chi connectivity index (χ0v) is 22.6. The van der Waals surface area contributed by atoms with Crippen molar-refractivity contribution in [2.75, 3.05) is 16.8 Å². The number of anilines is 2. The molecule has 1 atom stereocenters. The zero-order chi connectivity index (χ0) is 27.0. The van der Waals surface area contributed by atoms with Gasteiger partial charge >= 0.3 is 6.03 Å². The standard InChI is InChI=1S/C32H34N4O2/c1-21(2)35(32(38)33-26-17-14-23(4)19-24(26)5)20-30(37)36-28-10-7-6-9-27(28)34-18-8-11-29(34)31(36)25-15-12-22(3)13-16-25/h6-19,21,31H,20H2,1-5H3,(H,33,38). The second-order valence-corrected chi connectivity index (χ2v) is 10.3. The van der Waals surface area contributed by atoms with E-state index in [2.05, 4.69) is 47.1 Å². The molecule has 1 N–H and O–H groups in total. The third kappa shape index (κ3) is 4.70. The van der Waals surface area contributed by atoms with E-state index in [1.807, 2.05) is 87.3 Å². The van der Waals surface area contributed by atoms with Crippen LogP contribution in [0.4, 0.5) is 16.2 Å². The number of carbonyl (C=O) groups is 2. The molecule has 4 aromatic rings. The van der Waals surface area contributed by atoms with Gasteiger partial charge in [-0.25, -0.2) is 4.79 Å². The lowest BCUT2D eigenvalue weighted by Crippen LogP contribution is -2.49. The Morgan fingerprint density at radius 3 is 2.24 bits per heavy atom. The Morgan fingerprint density at radius 1 is 0.868 bits per heavy atom. The van der Waals surface area contributed by atoms with Crippen LogP contribution in [0.1, 0.15) is 47.8 Å². The number of benzene rings is 3. The fourth-order valence-electron chi connectivity index (χ4n) is 5.18. The number of nitrogens with one attached hydrogen (secondary N) is 1. The van der Waals surface area contributed by atoms with Gasteiger partial charge in [0.05, 0.1) is 17.1 Å². The van der Waals surface area contributed by atoms with Crippen LogP contribution in [-0.4, -0.2) is 34.0 Å². The van der Waals surface area contributed by atoms with Gasteiger partial charge in [-0.2, -0.15) is 0 Å². The van der Waals surface area contributed by atoms with E-state index in [9.17, 15) is 9.59 Å². The van der Waals surface area contributed by atoms with E-state index < -0.39 is 0 Å². The Labute approximate surface area is 224 Å². The van der Waals surface area contributed by atoms with E-state index >= 15 is 0 Å². The van der Waals surface area contributed by atoms with Crippen LogP contribution in [0.15, 0.2) is 85.1 Å². The van der Waals surface area contributed by atoms with E-state index in [0.717, 1.165) is 45.0 Å². The highest BCUT2D eigenvalue weighted by atomic mass is 16.2. The SMILES string of the molecule is Cc1ccc(C2c3cccn3-c3ccccc3N2C(=O)CN(C(=O)Nc2ccc(C)cc2C)C(C)C)cc1. The maximum Gasteiger partial charge on any atom is 0.322 e. The first kappa shape index (κ1) is 25.3. The molecule has 194 valence electrons. The van der Waals surface area contributed by atoms with Crippen LogP contribution in [-0.2, 0) is 4.79 Å². The first-order valence-electron chi connectivity index (χ1n) is 13.0. The molecule has 5 rings (SSSR count). The predicted molar refractivity (Wildman–Crippen MR) is 153 cm³/mol. The fraction of sp³-hybridized carbons (Fsp3) is 0.250. The molecule has 0 fully saturated rings. The monoisotopic (exact) mass is 506 g/mol. The Bertz CT molecular complexity index is 1490. The molecule has 1 aliphatic heterocycles. The third-order valence-electron chi connectivity index (χ3n) is 7.19. The Balaban J connectivity index is 1.51. The van der Waals surface area contributed by atoms with Gasteiger partial charge in [-0.3, -0.25) is 9.69 Å². The van der Waals surface area contributed by atoms with Gasteiger partial charge in [0.15, 0.2) is 0 Å². The van der Waals surface area contributed by atoms with Crippen LogP contribution in [0.2, 0.25) is 0 Å². The number of para-hydroxylation sites is 2. The van der Waals surface area contributed by atoms with Crippen LogP contribution in [0.5, 0.6) is 0 Å². The van der Waals surface area contributed by atoms with Crippen molar-refractivity contribution in [3.63, 3.8) is 0 Å². The molecule has 0 aliphatic carbocycles. The minimum Gasteiger partial charge on any atom is -0.316 e. The number of nitrogens with zero attached hydrogens (tertiary/aromatic N) is 3. The molecule has 38 heavy (non-hydrogen) atoms. The van der Waals surface area contributed by atoms with Crippen LogP contribution in [0.3, 0.4) is 0 Å². The highest BCUT2D eigenvalue weighted by Gasteiger charge is 2.37. The predicted octanol–water partition coefficient (Wildman–Crippen LogP) is 6.78. The van der Waals surface area contributed by atoms with Crippen LogP contribution < -0.4 is 10.2 Å². The molecule has 3 amide bonds. The molecule has 0 saturated carbocycles. The van der Waals surface area contributed by atoms with Crippen molar-refractivity contribution in [1.82, 2.24) is 9.47 Å². The van der Waals surface area contributed by atoms with Crippen molar-refractivity contribution >= 4 is 23.3 Å². The van der Waals surface area contributed by atoms with Crippen LogP contribution >= 0.6 is 0 Å². The number of aryl methyl sites for hydroxylation is 3. The molecule has 0 radical (unpaired) electrons. The summed E-state index contributed by atoms with van der Waals surface area (Å²) in [4.78, 5) is 31.1. The Hall–Kier alpha value is -4.32. The van der Waals surface area contributed by atoms with Crippen LogP contribution in [0, 0.1) is 20.8 Å². The Kier molecular flexibility index (Phi) is 6.81. The van der Waals surface area contributed by atoms with E-state index in [1.54, 1.807) is 4.90 Å². The van der Waals surface area contributed by atoms with Gasteiger partial charge in [0.2, 0.25) is 5.91 Å². The lowest BCUT2D eigenvalue weighted by atomic mass is 9.97. The van der Waals surface area contributed by atoms with Crippen molar-refractivity contribution < 1.29 is 9.59 Å². The molecule has 6 nitrogen and oxygen atoms in total. The number of fused-ring (bicyclic) bond motifs is 3. The van der Waals surface area contributed by atoms with Gasteiger partial charge in [-0.05, 0) is 76.1 Å². The lowest BCUT2D eigenvalue weighted by Gasteiger charge is -2.40. The summed E-state index contributed by atoms with van der Waals surface area (Å²) in [6.07, 6.45) is 2.04. The number of hydrogen-bond acceptors (Lipinski definition) is 2. The quantitative estimate of drug-likeness (QED) is 0.324. The van der Waals surface area contributed by atoms with Crippen molar-refractivity contribution in [2.24, 2.45) is 0 Å². The van der Waals surface area contributed by atoms with E-state index in [-0.39, 0.29) is 30.6 Å². The molecular weight excluding hydrogens is 472 g/mol. The molecular formula is C32H34N4O2. The topological polar surface area (TPSA) is 57.6 Å². The average molecular weight is 507 g/mol.